The Bertz CT molecular complexity index is 539. The van der Waals surface area contributed by atoms with Crippen molar-refractivity contribution in [2.45, 2.75) is 32.4 Å². The molecule has 1 aromatic rings. The van der Waals surface area contributed by atoms with Crippen LogP contribution in [0.25, 0.3) is 0 Å². The molecule has 2 N–H and O–H groups in total. The lowest BCUT2D eigenvalue weighted by atomic mass is 9.95. The second kappa shape index (κ2) is 8.31. The highest BCUT2D eigenvalue weighted by Crippen LogP contribution is 2.19. The van der Waals surface area contributed by atoms with Crippen molar-refractivity contribution in [3.05, 3.63) is 34.9 Å². The lowest BCUT2D eigenvalue weighted by Gasteiger charge is -2.34. The molecule has 0 bridgehead atoms. The van der Waals surface area contributed by atoms with Crippen LogP contribution in [0, 0.1) is 5.92 Å². The topological polar surface area (TPSA) is 61.4 Å². The maximum atomic E-state index is 12.3. The lowest BCUT2D eigenvalue weighted by Crippen LogP contribution is -2.49. The van der Waals surface area contributed by atoms with Gasteiger partial charge in [0.2, 0.25) is 11.8 Å². The van der Waals surface area contributed by atoms with Crippen LogP contribution in [0.15, 0.2) is 24.3 Å². The molecule has 1 saturated heterocycles. The Hall–Kier alpha value is -1.59. The van der Waals surface area contributed by atoms with Gasteiger partial charge in [0, 0.05) is 24.5 Å². The monoisotopic (exact) mass is 337 g/mol. The van der Waals surface area contributed by atoms with Gasteiger partial charge in [-0.3, -0.25) is 14.5 Å². The third-order valence-corrected chi connectivity index (χ3v) is 4.71. The first-order valence-corrected chi connectivity index (χ1v) is 8.37. The summed E-state index contributed by atoms with van der Waals surface area (Å²) in [6.45, 7) is 3.95. The van der Waals surface area contributed by atoms with Crippen molar-refractivity contribution in [2.75, 3.05) is 20.1 Å². The van der Waals surface area contributed by atoms with E-state index in [2.05, 4.69) is 15.5 Å². The largest absolute Gasteiger partial charge is 0.359 e. The molecule has 1 aromatic carbocycles. The highest BCUT2D eigenvalue weighted by molar-refractivity contribution is 6.30. The van der Waals surface area contributed by atoms with Crippen LogP contribution < -0.4 is 10.6 Å². The normalized spacial score (nSPS) is 17.5. The maximum Gasteiger partial charge on any atom is 0.237 e. The summed E-state index contributed by atoms with van der Waals surface area (Å²) in [5.41, 5.74) is 1.02. The van der Waals surface area contributed by atoms with E-state index in [0.717, 1.165) is 31.5 Å². The van der Waals surface area contributed by atoms with E-state index in [4.69, 9.17) is 11.6 Å². The molecule has 2 amide bonds. The molecule has 2 rings (SSSR count). The van der Waals surface area contributed by atoms with E-state index in [9.17, 15) is 9.59 Å². The second-order valence-corrected chi connectivity index (χ2v) is 6.38. The predicted molar refractivity (Wildman–Crippen MR) is 91.1 cm³/mol. The Morgan fingerprint density at radius 3 is 2.43 bits per heavy atom. The first kappa shape index (κ1) is 17.8. The molecular weight excluding hydrogens is 314 g/mol. The van der Waals surface area contributed by atoms with Crippen LogP contribution >= 0.6 is 11.6 Å². The minimum absolute atomic E-state index is 0.0124. The summed E-state index contributed by atoms with van der Waals surface area (Å²) in [6, 6.07) is 7.25. The van der Waals surface area contributed by atoms with Gasteiger partial charge < -0.3 is 10.6 Å². The zero-order valence-corrected chi connectivity index (χ0v) is 14.4. The van der Waals surface area contributed by atoms with Gasteiger partial charge >= 0.3 is 0 Å². The summed E-state index contributed by atoms with van der Waals surface area (Å²) in [4.78, 5) is 26.1. The van der Waals surface area contributed by atoms with Crippen LogP contribution in [0.2, 0.25) is 5.02 Å². The van der Waals surface area contributed by atoms with E-state index in [1.54, 1.807) is 7.05 Å². The SMILES string of the molecule is CNC(=O)C1CCN(C(C)C(=O)NCc2ccc(Cl)cc2)CC1. The van der Waals surface area contributed by atoms with Gasteiger partial charge in [-0.25, -0.2) is 0 Å². The number of rotatable bonds is 5. The number of nitrogens with one attached hydrogen (secondary N) is 2. The fourth-order valence-corrected chi connectivity index (χ4v) is 2.98. The molecule has 1 unspecified atom stereocenters. The van der Waals surface area contributed by atoms with Gasteiger partial charge in [-0.2, -0.15) is 0 Å². The summed E-state index contributed by atoms with van der Waals surface area (Å²) in [5, 5.41) is 6.34. The standard InChI is InChI=1S/C17H24ClN3O2/c1-12(21-9-7-14(8-10-21)17(23)19-2)16(22)20-11-13-3-5-15(18)6-4-13/h3-6,12,14H,7-11H2,1-2H3,(H,19,23)(H,20,22). The number of benzene rings is 1. The summed E-state index contributed by atoms with van der Waals surface area (Å²) in [5.74, 6) is 0.184. The predicted octanol–water partition coefficient (Wildman–Crippen LogP) is 1.80. The Labute approximate surface area is 142 Å². The molecule has 1 aliphatic heterocycles. The van der Waals surface area contributed by atoms with Gasteiger partial charge in [-0.1, -0.05) is 23.7 Å². The molecule has 5 nitrogen and oxygen atoms in total. The molecule has 0 aliphatic carbocycles. The Morgan fingerprint density at radius 1 is 1.26 bits per heavy atom. The summed E-state index contributed by atoms with van der Waals surface area (Å²) >= 11 is 5.85. The number of nitrogens with zero attached hydrogens (tertiary/aromatic N) is 1. The van der Waals surface area contributed by atoms with E-state index in [-0.39, 0.29) is 23.8 Å². The molecule has 1 fully saturated rings. The number of hydrogen-bond donors (Lipinski definition) is 2. The highest BCUT2D eigenvalue weighted by atomic mass is 35.5. The fraction of sp³-hybridized carbons (Fsp3) is 0.529. The number of halogens is 1. The van der Waals surface area contributed by atoms with Gasteiger partial charge in [0.05, 0.1) is 6.04 Å². The first-order valence-electron chi connectivity index (χ1n) is 7.99. The fourth-order valence-electron chi connectivity index (χ4n) is 2.86. The Morgan fingerprint density at radius 2 is 1.87 bits per heavy atom. The van der Waals surface area contributed by atoms with Gasteiger partial charge in [-0.15, -0.1) is 0 Å². The van der Waals surface area contributed by atoms with Crippen LogP contribution in [0.5, 0.6) is 0 Å². The molecule has 0 aromatic heterocycles. The Kier molecular flexibility index (Phi) is 6.42. The molecular formula is C17H24ClN3O2. The van der Waals surface area contributed by atoms with Crippen LogP contribution in [0.1, 0.15) is 25.3 Å². The second-order valence-electron chi connectivity index (χ2n) is 5.94. The van der Waals surface area contributed by atoms with Crippen LogP contribution in [0.3, 0.4) is 0 Å². The zero-order valence-electron chi connectivity index (χ0n) is 13.6. The first-order chi connectivity index (χ1) is 11.0. The van der Waals surface area contributed by atoms with Crippen molar-refractivity contribution in [1.82, 2.24) is 15.5 Å². The van der Waals surface area contributed by atoms with Crippen molar-refractivity contribution in [2.24, 2.45) is 5.92 Å². The minimum atomic E-state index is -0.187. The van der Waals surface area contributed by atoms with Gasteiger partial charge in [-0.05, 0) is 50.6 Å². The number of amides is 2. The number of carbonyl (C=O) groups excluding carboxylic acids is 2. The van der Waals surface area contributed by atoms with Crippen molar-refractivity contribution in [1.29, 1.82) is 0 Å². The molecule has 126 valence electrons. The molecule has 0 saturated carbocycles. The number of likely N-dealkylation sites (tertiary alicyclic amines) is 1. The molecule has 0 spiro atoms. The average Bonchev–Trinajstić information content (AvgIpc) is 2.59. The third-order valence-electron chi connectivity index (χ3n) is 4.45. The average molecular weight is 338 g/mol. The van der Waals surface area contributed by atoms with Crippen LogP contribution in [-0.4, -0.2) is 42.9 Å². The lowest BCUT2D eigenvalue weighted by molar-refractivity contribution is -0.128. The van der Waals surface area contributed by atoms with Gasteiger partial charge in [0.1, 0.15) is 0 Å². The molecule has 1 aliphatic rings. The quantitative estimate of drug-likeness (QED) is 0.861. The van der Waals surface area contributed by atoms with E-state index in [0.29, 0.717) is 11.6 Å². The van der Waals surface area contributed by atoms with Gasteiger partial charge in [0.15, 0.2) is 0 Å². The smallest absolute Gasteiger partial charge is 0.237 e. The van der Waals surface area contributed by atoms with Crippen molar-refractivity contribution in [3.63, 3.8) is 0 Å². The van der Waals surface area contributed by atoms with Crippen molar-refractivity contribution in [3.8, 4) is 0 Å². The Balaban J connectivity index is 1.79. The van der Waals surface area contributed by atoms with Crippen LogP contribution in [0.4, 0.5) is 0 Å². The number of piperidine rings is 1. The van der Waals surface area contributed by atoms with E-state index in [1.165, 1.54) is 0 Å². The molecule has 1 atom stereocenters. The van der Waals surface area contributed by atoms with Crippen molar-refractivity contribution >= 4 is 23.4 Å². The third kappa shape index (κ3) is 4.94. The number of carbonyl (C=O) groups is 2. The van der Waals surface area contributed by atoms with E-state index in [1.807, 2.05) is 31.2 Å². The van der Waals surface area contributed by atoms with E-state index >= 15 is 0 Å². The molecule has 0 radical (unpaired) electrons. The summed E-state index contributed by atoms with van der Waals surface area (Å²) in [7, 11) is 1.67. The highest BCUT2D eigenvalue weighted by Gasteiger charge is 2.29. The number of hydrogen-bond acceptors (Lipinski definition) is 3. The van der Waals surface area contributed by atoms with Crippen molar-refractivity contribution < 1.29 is 9.59 Å². The zero-order chi connectivity index (χ0) is 16.8. The molecule has 1 heterocycles. The van der Waals surface area contributed by atoms with Crippen LogP contribution in [-0.2, 0) is 16.1 Å². The van der Waals surface area contributed by atoms with E-state index < -0.39 is 0 Å². The summed E-state index contributed by atoms with van der Waals surface area (Å²) in [6.07, 6.45) is 1.60. The van der Waals surface area contributed by atoms with Gasteiger partial charge in [0.25, 0.3) is 0 Å². The maximum absolute atomic E-state index is 12.3. The summed E-state index contributed by atoms with van der Waals surface area (Å²) < 4.78 is 0. The molecule has 23 heavy (non-hydrogen) atoms. The minimum Gasteiger partial charge on any atom is -0.359 e. The molecule has 6 heteroatoms.